The maximum Gasteiger partial charge on any atom is 0.275 e. The van der Waals surface area contributed by atoms with E-state index in [9.17, 15) is 15.4 Å². The molecular weight excluding hydrogens is 242 g/mol. The highest BCUT2D eigenvalue weighted by Gasteiger charge is 2.29. The number of hydrogen-bond donors (Lipinski definition) is 0. The summed E-state index contributed by atoms with van der Waals surface area (Å²) in [5.41, 5.74) is 0.539. The van der Waals surface area contributed by atoms with Crippen molar-refractivity contribution in [1.82, 2.24) is 4.90 Å². The molecular formula is C14H17N3O2. The molecule has 1 unspecified atom stereocenters. The van der Waals surface area contributed by atoms with Crippen molar-refractivity contribution < 1.29 is 4.92 Å². The molecule has 0 spiro atoms. The van der Waals surface area contributed by atoms with E-state index in [1.54, 1.807) is 18.2 Å². The lowest BCUT2D eigenvalue weighted by atomic mass is 9.95. The highest BCUT2D eigenvalue weighted by atomic mass is 16.6. The number of benzene rings is 1. The van der Waals surface area contributed by atoms with Crippen LogP contribution >= 0.6 is 0 Å². The van der Waals surface area contributed by atoms with Crippen LogP contribution in [0.1, 0.15) is 31.4 Å². The number of nitro benzene ring substituents is 1. The number of likely N-dealkylation sites (tertiary alicyclic amines) is 1. The van der Waals surface area contributed by atoms with E-state index < -0.39 is 11.0 Å². The van der Waals surface area contributed by atoms with Gasteiger partial charge in [0.25, 0.3) is 5.69 Å². The van der Waals surface area contributed by atoms with Gasteiger partial charge in [0.2, 0.25) is 0 Å². The molecule has 1 fully saturated rings. The summed E-state index contributed by atoms with van der Waals surface area (Å²) in [4.78, 5) is 12.7. The molecule has 19 heavy (non-hydrogen) atoms. The molecule has 1 atom stereocenters. The van der Waals surface area contributed by atoms with E-state index >= 15 is 0 Å². The number of nitrogens with zero attached hydrogens (tertiary/aromatic N) is 3. The highest BCUT2D eigenvalue weighted by molar-refractivity contribution is 5.44. The third kappa shape index (κ3) is 2.91. The summed E-state index contributed by atoms with van der Waals surface area (Å²) in [7, 11) is 0. The molecule has 0 radical (unpaired) electrons. The first-order chi connectivity index (χ1) is 9.13. The molecule has 1 saturated heterocycles. The largest absolute Gasteiger partial charge is 0.284 e. The zero-order chi connectivity index (χ0) is 13.8. The summed E-state index contributed by atoms with van der Waals surface area (Å²) >= 11 is 0. The fraction of sp³-hybridized carbons (Fsp3) is 0.500. The number of nitro groups is 1. The Morgan fingerprint density at radius 1 is 1.42 bits per heavy atom. The number of para-hydroxylation sites is 1. The Labute approximate surface area is 112 Å². The van der Waals surface area contributed by atoms with Crippen molar-refractivity contribution in [2.45, 2.75) is 25.8 Å². The van der Waals surface area contributed by atoms with Gasteiger partial charge in [-0.15, -0.1) is 0 Å². The molecule has 0 aromatic heterocycles. The molecule has 0 amide bonds. The zero-order valence-electron chi connectivity index (χ0n) is 11.0. The van der Waals surface area contributed by atoms with Gasteiger partial charge in [-0.3, -0.25) is 15.0 Å². The first-order valence-electron chi connectivity index (χ1n) is 6.50. The second-order valence-electron chi connectivity index (χ2n) is 5.07. The van der Waals surface area contributed by atoms with Crippen LogP contribution < -0.4 is 0 Å². The molecule has 0 saturated carbocycles. The summed E-state index contributed by atoms with van der Waals surface area (Å²) in [6.45, 7) is 3.85. The number of nitriles is 1. The van der Waals surface area contributed by atoms with Crippen LogP contribution in [0.2, 0.25) is 0 Å². The predicted molar refractivity (Wildman–Crippen MR) is 71.4 cm³/mol. The SMILES string of the molecule is CC1CCN(C(C#N)c2ccccc2[N+](=O)[O-])CC1. The lowest BCUT2D eigenvalue weighted by Gasteiger charge is -2.33. The van der Waals surface area contributed by atoms with E-state index in [0.29, 0.717) is 11.5 Å². The molecule has 100 valence electrons. The maximum atomic E-state index is 11.1. The Kier molecular flexibility index (Phi) is 4.13. The fourth-order valence-electron chi connectivity index (χ4n) is 2.52. The predicted octanol–water partition coefficient (Wildman–Crippen LogP) is 2.89. The van der Waals surface area contributed by atoms with Gasteiger partial charge in [-0.2, -0.15) is 5.26 Å². The zero-order valence-corrected chi connectivity index (χ0v) is 11.0. The average Bonchev–Trinajstić information content (AvgIpc) is 2.42. The van der Waals surface area contributed by atoms with Gasteiger partial charge in [0, 0.05) is 6.07 Å². The summed E-state index contributed by atoms with van der Waals surface area (Å²) in [6.07, 6.45) is 2.08. The quantitative estimate of drug-likeness (QED) is 0.618. The van der Waals surface area contributed by atoms with Crippen molar-refractivity contribution in [3.63, 3.8) is 0 Å². The standard InChI is InChI=1S/C14H17N3O2/c1-11-6-8-16(9-7-11)14(10-15)12-4-2-3-5-13(12)17(18)19/h2-5,11,14H,6-9H2,1H3. The van der Waals surface area contributed by atoms with Crippen molar-refractivity contribution in [2.75, 3.05) is 13.1 Å². The minimum absolute atomic E-state index is 0.0349. The Bertz CT molecular complexity index is 502. The first kappa shape index (κ1) is 13.5. The van der Waals surface area contributed by atoms with Gasteiger partial charge in [0.05, 0.1) is 16.6 Å². The summed E-state index contributed by atoms with van der Waals surface area (Å²) in [5.74, 6) is 0.668. The van der Waals surface area contributed by atoms with Gasteiger partial charge in [-0.05, 0) is 37.9 Å². The van der Waals surface area contributed by atoms with Crippen LogP contribution in [0.4, 0.5) is 5.69 Å². The van der Waals surface area contributed by atoms with Gasteiger partial charge in [0.15, 0.2) is 0 Å². The maximum absolute atomic E-state index is 11.1. The molecule has 5 nitrogen and oxygen atoms in total. The Balaban J connectivity index is 2.28. The minimum atomic E-state index is -0.519. The smallest absolute Gasteiger partial charge is 0.275 e. The summed E-state index contributed by atoms with van der Waals surface area (Å²) < 4.78 is 0. The van der Waals surface area contributed by atoms with Crippen molar-refractivity contribution in [3.8, 4) is 6.07 Å². The molecule has 0 aliphatic carbocycles. The van der Waals surface area contributed by atoms with Gasteiger partial charge in [-0.25, -0.2) is 0 Å². The van der Waals surface area contributed by atoms with Crippen molar-refractivity contribution >= 4 is 5.69 Å². The molecule has 1 heterocycles. The van der Waals surface area contributed by atoms with Crippen LogP contribution in [-0.2, 0) is 0 Å². The van der Waals surface area contributed by atoms with Crippen LogP contribution in [0.15, 0.2) is 24.3 Å². The minimum Gasteiger partial charge on any atom is -0.284 e. The van der Waals surface area contributed by atoms with Crippen LogP contribution in [0.3, 0.4) is 0 Å². The average molecular weight is 259 g/mol. The van der Waals surface area contributed by atoms with Gasteiger partial charge < -0.3 is 0 Å². The summed E-state index contributed by atoms with van der Waals surface area (Å²) in [6, 6.07) is 8.23. The Morgan fingerprint density at radius 3 is 2.63 bits per heavy atom. The second kappa shape index (κ2) is 5.81. The van der Waals surface area contributed by atoms with Crippen LogP contribution in [0, 0.1) is 27.4 Å². The third-order valence-corrected chi connectivity index (χ3v) is 3.73. The van der Waals surface area contributed by atoms with E-state index in [2.05, 4.69) is 13.0 Å². The van der Waals surface area contributed by atoms with Crippen LogP contribution in [0.25, 0.3) is 0 Å². The number of hydrogen-bond acceptors (Lipinski definition) is 4. The normalized spacial score (nSPS) is 18.7. The van der Waals surface area contributed by atoms with Crippen molar-refractivity contribution in [2.24, 2.45) is 5.92 Å². The lowest BCUT2D eigenvalue weighted by Crippen LogP contribution is -2.35. The highest BCUT2D eigenvalue weighted by Crippen LogP contribution is 2.31. The molecule has 0 bridgehead atoms. The Hall–Kier alpha value is -1.93. The number of piperidine rings is 1. The van der Waals surface area contributed by atoms with E-state index in [1.807, 2.05) is 4.90 Å². The molecule has 1 aromatic carbocycles. The van der Waals surface area contributed by atoms with Crippen LogP contribution in [-0.4, -0.2) is 22.9 Å². The van der Waals surface area contributed by atoms with E-state index in [1.165, 1.54) is 6.07 Å². The van der Waals surface area contributed by atoms with Crippen molar-refractivity contribution in [3.05, 3.63) is 39.9 Å². The van der Waals surface area contributed by atoms with Gasteiger partial charge in [0.1, 0.15) is 6.04 Å². The molecule has 0 N–H and O–H groups in total. The molecule has 1 aliphatic rings. The number of rotatable bonds is 3. The van der Waals surface area contributed by atoms with Crippen LogP contribution in [0.5, 0.6) is 0 Å². The summed E-state index contributed by atoms with van der Waals surface area (Å²) in [5, 5.41) is 20.4. The third-order valence-electron chi connectivity index (χ3n) is 3.73. The fourth-order valence-corrected chi connectivity index (χ4v) is 2.52. The second-order valence-corrected chi connectivity index (χ2v) is 5.07. The van der Waals surface area contributed by atoms with E-state index in [-0.39, 0.29) is 5.69 Å². The van der Waals surface area contributed by atoms with Crippen molar-refractivity contribution in [1.29, 1.82) is 5.26 Å². The molecule has 1 aliphatic heterocycles. The molecule has 5 heteroatoms. The van der Waals surface area contributed by atoms with Gasteiger partial charge >= 0.3 is 0 Å². The van der Waals surface area contributed by atoms with E-state index in [0.717, 1.165) is 25.9 Å². The topological polar surface area (TPSA) is 70.2 Å². The Morgan fingerprint density at radius 2 is 2.05 bits per heavy atom. The monoisotopic (exact) mass is 259 g/mol. The molecule has 2 rings (SSSR count). The van der Waals surface area contributed by atoms with Gasteiger partial charge in [-0.1, -0.05) is 19.1 Å². The van der Waals surface area contributed by atoms with E-state index in [4.69, 9.17) is 0 Å². The first-order valence-corrected chi connectivity index (χ1v) is 6.50. The molecule has 1 aromatic rings. The lowest BCUT2D eigenvalue weighted by molar-refractivity contribution is -0.385.